The van der Waals surface area contributed by atoms with Crippen LogP contribution in [0.2, 0.25) is 0 Å². The molecule has 0 saturated carbocycles. The number of carbonyl (C=O) groups excluding carboxylic acids is 1. The Bertz CT molecular complexity index is 1290. The van der Waals surface area contributed by atoms with Crippen LogP contribution < -0.4 is 32.1 Å². The molecule has 10 heteroatoms. The molecule has 0 heterocycles. The summed E-state index contributed by atoms with van der Waals surface area (Å²) in [6.45, 7) is 1.99. The Morgan fingerprint density at radius 2 is 1.38 bits per heavy atom. The van der Waals surface area contributed by atoms with Gasteiger partial charge in [-0.25, -0.2) is 0 Å². The van der Waals surface area contributed by atoms with E-state index in [9.17, 15) is 18.0 Å². The quantitative estimate of drug-likeness (QED) is 0.252. The molecule has 34 heavy (non-hydrogen) atoms. The minimum absolute atomic E-state index is 0.0610. The second-order valence-corrected chi connectivity index (χ2v) is 8.65. The Labute approximate surface area is 203 Å². The highest BCUT2D eigenvalue weighted by molar-refractivity contribution is 6.68. The third-order valence-electron chi connectivity index (χ3n) is 6.92. The molecule has 0 bridgehead atoms. The summed E-state index contributed by atoms with van der Waals surface area (Å²) in [5.41, 5.74) is 9.14. The largest absolute Gasteiger partial charge is 0.496 e. The minimum atomic E-state index is -4.61. The molecule has 168 valence electrons. The van der Waals surface area contributed by atoms with Gasteiger partial charge in [-0.1, -0.05) is 41.3 Å². The molecule has 3 aromatic rings. The molecule has 0 fully saturated rings. The highest BCUT2D eigenvalue weighted by Gasteiger charge is 2.34. The first-order chi connectivity index (χ1) is 15.9. The Morgan fingerprint density at radius 1 is 0.824 bits per heavy atom. The van der Waals surface area contributed by atoms with Crippen molar-refractivity contribution in [3.05, 3.63) is 58.1 Å². The maximum absolute atomic E-state index is 13.7. The number of alkyl halides is 3. The number of halogens is 3. The number of aldehydes is 1. The van der Waals surface area contributed by atoms with Crippen LogP contribution in [0, 0.1) is 6.92 Å². The number of benzene rings is 3. The van der Waals surface area contributed by atoms with Gasteiger partial charge in [0.05, 0.1) is 18.2 Å². The lowest BCUT2D eigenvalue weighted by Gasteiger charge is -2.22. The molecule has 3 aromatic carbocycles. The fourth-order valence-electron chi connectivity index (χ4n) is 4.45. The first kappa shape index (κ1) is 25.6. The monoisotopic (exact) mass is 456 g/mol. The Balaban J connectivity index is 2.18. The molecule has 0 aromatic heterocycles. The van der Waals surface area contributed by atoms with Gasteiger partial charge in [0.25, 0.3) is 0 Å². The predicted molar refractivity (Wildman–Crippen MR) is 150 cm³/mol. The van der Waals surface area contributed by atoms with E-state index in [1.165, 1.54) is 52.1 Å². The van der Waals surface area contributed by atoms with Crippen LogP contribution in [0.3, 0.4) is 0 Å². The summed E-state index contributed by atoms with van der Waals surface area (Å²) in [6, 6.07) is 7.95. The van der Waals surface area contributed by atoms with E-state index in [4.69, 9.17) is 4.74 Å². The maximum Gasteiger partial charge on any atom is 0.417 e. The van der Waals surface area contributed by atoms with E-state index in [1.807, 2.05) is 19.1 Å². The van der Waals surface area contributed by atoms with E-state index in [2.05, 4.69) is 45.3 Å². The van der Waals surface area contributed by atoms with Crippen LogP contribution in [0.15, 0.2) is 30.3 Å². The molecule has 0 aliphatic carbocycles. The van der Waals surface area contributed by atoms with Crippen molar-refractivity contribution in [1.29, 1.82) is 0 Å². The Hall–Kier alpha value is -3.02. The summed E-state index contributed by atoms with van der Waals surface area (Å²) >= 11 is 0. The molecule has 0 N–H and O–H groups in total. The smallest absolute Gasteiger partial charge is 0.417 e. The Morgan fingerprint density at radius 3 is 1.91 bits per heavy atom. The molecule has 0 radical (unpaired) electrons. The van der Waals surface area contributed by atoms with Gasteiger partial charge in [-0.2, -0.15) is 13.2 Å². The van der Waals surface area contributed by atoms with Gasteiger partial charge >= 0.3 is 6.18 Å². The normalized spacial score (nSPS) is 11.7. The topological polar surface area (TPSA) is 26.3 Å². The van der Waals surface area contributed by atoms with Crippen molar-refractivity contribution >= 4 is 85.0 Å². The van der Waals surface area contributed by atoms with Crippen molar-refractivity contribution in [2.75, 3.05) is 7.11 Å². The van der Waals surface area contributed by atoms with Crippen LogP contribution in [0.4, 0.5) is 13.2 Å². The van der Waals surface area contributed by atoms with Gasteiger partial charge < -0.3 is 4.74 Å². The number of ether oxygens (including phenoxy) is 1. The second-order valence-electron chi connectivity index (χ2n) is 8.65. The highest BCUT2D eigenvalue weighted by Crippen LogP contribution is 2.36. The van der Waals surface area contributed by atoms with Crippen molar-refractivity contribution in [1.82, 2.24) is 0 Å². The highest BCUT2D eigenvalue weighted by atomic mass is 19.4. The molecule has 0 spiro atoms. The standard InChI is InChI=1S/C24H24B5F3O2/c1-11-12(4-3-5-15(11)18-19(25)21(27)23(29)22(28)20(18)26)6-7-13-9-17(34-2)14(10-33)8-16(13)24(30,31)32/h3-10H,25-29H2,1-2H3/b7-6+. The number of hydrogen-bond donors (Lipinski definition) is 0. The summed E-state index contributed by atoms with van der Waals surface area (Å²) in [7, 11) is 11.9. The number of rotatable bonds is 5. The lowest BCUT2D eigenvalue weighted by atomic mass is 9.59. The third-order valence-corrected chi connectivity index (χ3v) is 6.92. The zero-order valence-electron chi connectivity index (χ0n) is 20.6. The van der Waals surface area contributed by atoms with Crippen LogP contribution in [0.25, 0.3) is 23.3 Å². The van der Waals surface area contributed by atoms with Gasteiger partial charge in [-0.05, 0) is 46.9 Å². The van der Waals surface area contributed by atoms with Crippen LogP contribution in [-0.2, 0) is 6.18 Å². The lowest BCUT2D eigenvalue weighted by molar-refractivity contribution is -0.137. The van der Waals surface area contributed by atoms with E-state index >= 15 is 0 Å². The van der Waals surface area contributed by atoms with E-state index < -0.39 is 11.7 Å². The first-order valence-corrected chi connectivity index (χ1v) is 11.0. The SMILES string of the molecule is Bc1c(B)c(B)c(-c2cccc(/C=C/c3cc(OC)c(C=O)cc3C(F)(F)F)c2C)c(B)c1B. The molecule has 3 rings (SSSR count). The molecule has 0 aliphatic rings. The number of carbonyl (C=O) groups is 1. The van der Waals surface area contributed by atoms with Gasteiger partial charge in [0.15, 0.2) is 6.29 Å². The summed E-state index contributed by atoms with van der Waals surface area (Å²) in [5, 5.41) is 0. The molecule has 0 saturated heterocycles. The van der Waals surface area contributed by atoms with Crippen LogP contribution in [0.5, 0.6) is 5.75 Å². The van der Waals surface area contributed by atoms with Crippen molar-refractivity contribution in [3.8, 4) is 16.9 Å². The Kier molecular flexibility index (Phi) is 7.30. The lowest BCUT2D eigenvalue weighted by Crippen LogP contribution is -2.55. The van der Waals surface area contributed by atoms with Crippen molar-refractivity contribution < 1.29 is 22.7 Å². The molecule has 0 atom stereocenters. The summed E-state index contributed by atoms with van der Waals surface area (Å²) in [6.07, 6.45) is -1.13. The van der Waals surface area contributed by atoms with E-state index in [0.29, 0.717) is 6.29 Å². The molecule has 0 amide bonds. The van der Waals surface area contributed by atoms with Crippen LogP contribution >= 0.6 is 0 Å². The minimum Gasteiger partial charge on any atom is -0.496 e. The zero-order chi connectivity index (χ0) is 25.4. The third kappa shape index (κ3) is 4.63. The average Bonchev–Trinajstić information content (AvgIpc) is 2.80. The molecule has 2 nitrogen and oxygen atoms in total. The number of hydrogen-bond acceptors (Lipinski definition) is 2. The summed E-state index contributed by atoms with van der Waals surface area (Å²) in [5.74, 6) is 0.102. The van der Waals surface area contributed by atoms with Gasteiger partial charge in [0.1, 0.15) is 45.0 Å². The van der Waals surface area contributed by atoms with Gasteiger partial charge in [-0.3, -0.25) is 4.79 Å². The van der Waals surface area contributed by atoms with E-state index in [-0.39, 0.29) is 16.9 Å². The zero-order valence-corrected chi connectivity index (χ0v) is 20.6. The van der Waals surface area contributed by atoms with Crippen LogP contribution in [0.1, 0.15) is 32.6 Å². The fraction of sp³-hybridized carbons (Fsp3) is 0.125. The molecular weight excluding hydrogens is 431 g/mol. The van der Waals surface area contributed by atoms with E-state index in [1.54, 1.807) is 6.08 Å². The summed E-state index contributed by atoms with van der Waals surface area (Å²) in [4.78, 5) is 11.2. The van der Waals surface area contributed by atoms with Crippen molar-refractivity contribution in [2.24, 2.45) is 0 Å². The molecule has 0 aliphatic heterocycles. The van der Waals surface area contributed by atoms with Crippen molar-refractivity contribution in [2.45, 2.75) is 13.1 Å². The maximum atomic E-state index is 13.7. The van der Waals surface area contributed by atoms with Gasteiger partial charge in [-0.15, -0.1) is 16.4 Å². The predicted octanol–water partition coefficient (Wildman–Crippen LogP) is -2.04. The van der Waals surface area contributed by atoms with Crippen molar-refractivity contribution in [3.63, 3.8) is 0 Å². The molecular formula is C24H24B5F3O2. The summed E-state index contributed by atoms with van der Waals surface area (Å²) < 4.78 is 46.2. The second kappa shape index (κ2) is 9.69. The first-order valence-electron chi connectivity index (χ1n) is 11.0. The fourth-order valence-corrected chi connectivity index (χ4v) is 4.45. The number of methoxy groups -OCH3 is 1. The average molecular weight is 456 g/mol. The van der Waals surface area contributed by atoms with E-state index in [0.717, 1.165) is 22.8 Å². The van der Waals surface area contributed by atoms with Crippen LogP contribution in [-0.4, -0.2) is 52.6 Å². The van der Waals surface area contributed by atoms with Gasteiger partial charge in [0.2, 0.25) is 0 Å². The molecule has 0 unspecified atom stereocenters. The van der Waals surface area contributed by atoms with Gasteiger partial charge in [0, 0.05) is 0 Å².